The highest BCUT2D eigenvalue weighted by molar-refractivity contribution is 6.29. The first kappa shape index (κ1) is 12.5. The fraction of sp³-hybridized carbons (Fsp3) is 0.167. The van der Waals surface area contributed by atoms with Crippen LogP contribution in [0.5, 0.6) is 0 Å². The Morgan fingerprint density at radius 1 is 1.06 bits per heavy atom. The van der Waals surface area contributed by atoms with E-state index in [1.807, 2.05) is 44.2 Å². The predicted octanol–water partition coefficient (Wildman–Crippen LogP) is 3.41. The van der Waals surface area contributed by atoms with Crippen LogP contribution in [0.1, 0.15) is 13.8 Å². The lowest BCUT2D eigenvalue weighted by Gasteiger charge is -2.01. The minimum Gasteiger partial charge on any atom is -0.368 e. The maximum absolute atomic E-state index is 5.77. The largest absolute Gasteiger partial charge is 0.368 e. The zero-order valence-corrected chi connectivity index (χ0v) is 10.1. The van der Waals surface area contributed by atoms with E-state index in [2.05, 4.69) is 9.97 Å². The average molecular weight is 236 g/mol. The number of nitrogens with two attached hydrogens (primary N) is 1. The molecule has 0 aliphatic carbocycles. The van der Waals surface area contributed by atoms with E-state index < -0.39 is 0 Å². The maximum Gasteiger partial charge on any atom is 0.221 e. The number of rotatable bonds is 1. The summed E-state index contributed by atoms with van der Waals surface area (Å²) in [5.41, 5.74) is 7.20. The van der Waals surface area contributed by atoms with Crippen molar-refractivity contribution >= 4 is 17.5 Å². The van der Waals surface area contributed by atoms with Crippen LogP contribution in [-0.4, -0.2) is 9.97 Å². The minimum absolute atomic E-state index is 0.191. The fourth-order valence-corrected chi connectivity index (χ4v) is 1.38. The Kier molecular flexibility index (Phi) is 4.73. The third kappa shape index (κ3) is 3.21. The van der Waals surface area contributed by atoms with Crippen molar-refractivity contribution in [1.82, 2.24) is 9.97 Å². The molecule has 0 aliphatic rings. The van der Waals surface area contributed by atoms with E-state index in [9.17, 15) is 0 Å². The van der Waals surface area contributed by atoms with Crippen molar-refractivity contribution in [2.24, 2.45) is 0 Å². The first-order valence-electron chi connectivity index (χ1n) is 5.11. The minimum atomic E-state index is 0.191. The zero-order valence-electron chi connectivity index (χ0n) is 9.31. The molecule has 0 atom stereocenters. The molecule has 1 aromatic carbocycles. The van der Waals surface area contributed by atoms with Gasteiger partial charge in [-0.25, -0.2) is 9.97 Å². The second-order valence-electron chi connectivity index (χ2n) is 2.80. The van der Waals surface area contributed by atoms with Crippen LogP contribution in [0.3, 0.4) is 0 Å². The average Bonchev–Trinajstić information content (AvgIpc) is 2.32. The van der Waals surface area contributed by atoms with Crippen molar-refractivity contribution in [3.63, 3.8) is 0 Å². The number of hydrogen-bond donors (Lipinski definition) is 1. The molecule has 16 heavy (non-hydrogen) atoms. The van der Waals surface area contributed by atoms with E-state index in [1.165, 1.54) is 0 Å². The third-order valence-corrected chi connectivity index (χ3v) is 1.98. The van der Waals surface area contributed by atoms with Crippen molar-refractivity contribution in [3.8, 4) is 11.3 Å². The zero-order chi connectivity index (χ0) is 12.0. The van der Waals surface area contributed by atoms with E-state index >= 15 is 0 Å². The van der Waals surface area contributed by atoms with E-state index in [1.54, 1.807) is 6.07 Å². The Morgan fingerprint density at radius 2 is 1.69 bits per heavy atom. The normalized spacial score (nSPS) is 9.19. The van der Waals surface area contributed by atoms with Gasteiger partial charge in [0.2, 0.25) is 5.95 Å². The first-order chi connectivity index (χ1) is 7.75. The number of nitrogens with zero attached hydrogens (tertiary/aromatic N) is 2. The summed E-state index contributed by atoms with van der Waals surface area (Å²) in [6.45, 7) is 4.00. The molecule has 0 spiro atoms. The SMILES string of the molecule is CC.Nc1nc(Cl)cc(-c2ccccc2)n1. The molecular weight excluding hydrogens is 222 g/mol. The number of aromatic nitrogens is 2. The smallest absolute Gasteiger partial charge is 0.221 e. The molecule has 84 valence electrons. The van der Waals surface area contributed by atoms with Gasteiger partial charge in [-0.3, -0.25) is 0 Å². The quantitative estimate of drug-likeness (QED) is 0.771. The number of nitrogen functional groups attached to an aromatic ring is 1. The summed E-state index contributed by atoms with van der Waals surface area (Å²) < 4.78 is 0. The summed E-state index contributed by atoms with van der Waals surface area (Å²) in [6.07, 6.45) is 0. The van der Waals surface area contributed by atoms with Gasteiger partial charge in [0.1, 0.15) is 5.15 Å². The molecule has 0 saturated heterocycles. The van der Waals surface area contributed by atoms with Gasteiger partial charge >= 0.3 is 0 Å². The highest BCUT2D eigenvalue weighted by Crippen LogP contribution is 2.19. The predicted molar refractivity (Wildman–Crippen MR) is 68.2 cm³/mol. The summed E-state index contributed by atoms with van der Waals surface area (Å²) in [7, 11) is 0. The van der Waals surface area contributed by atoms with E-state index in [-0.39, 0.29) is 5.95 Å². The standard InChI is InChI=1S/C10H8ClN3.C2H6/c11-9-6-8(13-10(12)14-9)7-4-2-1-3-5-7;1-2/h1-6H,(H2,12,13,14);1-2H3. The monoisotopic (exact) mass is 235 g/mol. The molecule has 2 N–H and O–H groups in total. The van der Waals surface area contributed by atoms with Gasteiger partial charge in [-0.15, -0.1) is 0 Å². The third-order valence-electron chi connectivity index (χ3n) is 1.78. The molecule has 0 fully saturated rings. The van der Waals surface area contributed by atoms with E-state index in [0.29, 0.717) is 5.15 Å². The van der Waals surface area contributed by atoms with Gasteiger partial charge in [-0.1, -0.05) is 55.8 Å². The van der Waals surface area contributed by atoms with Crippen LogP contribution >= 0.6 is 11.6 Å². The number of benzene rings is 1. The molecule has 3 nitrogen and oxygen atoms in total. The summed E-state index contributed by atoms with van der Waals surface area (Å²) in [4.78, 5) is 7.88. The van der Waals surface area contributed by atoms with E-state index in [4.69, 9.17) is 17.3 Å². The lowest BCUT2D eigenvalue weighted by atomic mass is 10.1. The summed E-state index contributed by atoms with van der Waals surface area (Å²) in [5.74, 6) is 0.191. The lowest BCUT2D eigenvalue weighted by Crippen LogP contribution is -1.96. The maximum atomic E-state index is 5.77. The van der Waals surface area contributed by atoms with Crippen LogP contribution in [-0.2, 0) is 0 Å². The van der Waals surface area contributed by atoms with Crippen LogP contribution in [0, 0.1) is 0 Å². The highest BCUT2D eigenvalue weighted by atomic mass is 35.5. The van der Waals surface area contributed by atoms with Gasteiger partial charge in [0, 0.05) is 11.6 Å². The van der Waals surface area contributed by atoms with Gasteiger partial charge in [0.05, 0.1) is 5.69 Å². The Labute approximate surface area is 100 Å². The molecule has 2 rings (SSSR count). The molecule has 0 unspecified atom stereocenters. The molecule has 0 aliphatic heterocycles. The molecule has 0 bridgehead atoms. The second kappa shape index (κ2) is 6.08. The fourth-order valence-electron chi connectivity index (χ4n) is 1.19. The molecule has 1 heterocycles. The second-order valence-corrected chi connectivity index (χ2v) is 3.19. The van der Waals surface area contributed by atoms with Crippen LogP contribution in [0.15, 0.2) is 36.4 Å². The van der Waals surface area contributed by atoms with Crippen molar-refractivity contribution in [2.45, 2.75) is 13.8 Å². The van der Waals surface area contributed by atoms with Crippen molar-refractivity contribution in [3.05, 3.63) is 41.6 Å². The van der Waals surface area contributed by atoms with Gasteiger partial charge in [-0.05, 0) is 0 Å². The number of anilines is 1. The van der Waals surface area contributed by atoms with Gasteiger partial charge in [0.15, 0.2) is 0 Å². The molecule has 0 amide bonds. The molecule has 0 saturated carbocycles. The molecular formula is C12H14ClN3. The topological polar surface area (TPSA) is 51.8 Å². The Morgan fingerprint density at radius 3 is 2.25 bits per heavy atom. The van der Waals surface area contributed by atoms with Crippen LogP contribution in [0.4, 0.5) is 5.95 Å². The summed E-state index contributed by atoms with van der Waals surface area (Å²) >= 11 is 5.77. The number of halogens is 1. The van der Waals surface area contributed by atoms with E-state index in [0.717, 1.165) is 11.3 Å². The molecule has 4 heteroatoms. The Balaban J connectivity index is 0.000000606. The Hall–Kier alpha value is -1.61. The van der Waals surface area contributed by atoms with Crippen molar-refractivity contribution in [1.29, 1.82) is 0 Å². The van der Waals surface area contributed by atoms with Gasteiger partial charge < -0.3 is 5.73 Å². The van der Waals surface area contributed by atoms with Gasteiger partial charge in [-0.2, -0.15) is 0 Å². The molecule has 2 aromatic rings. The highest BCUT2D eigenvalue weighted by Gasteiger charge is 2.01. The van der Waals surface area contributed by atoms with Crippen molar-refractivity contribution < 1.29 is 0 Å². The Bertz CT molecular complexity index is 423. The van der Waals surface area contributed by atoms with Crippen molar-refractivity contribution in [2.75, 3.05) is 5.73 Å². The summed E-state index contributed by atoms with van der Waals surface area (Å²) in [6, 6.07) is 11.4. The lowest BCUT2D eigenvalue weighted by molar-refractivity contribution is 1.19. The van der Waals surface area contributed by atoms with Crippen LogP contribution in [0.2, 0.25) is 5.15 Å². The van der Waals surface area contributed by atoms with Gasteiger partial charge in [0.25, 0.3) is 0 Å². The molecule has 0 radical (unpaired) electrons. The van der Waals surface area contributed by atoms with Crippen LogP contribution in [0.25, 0.3) is 11.3 Å². The number of hydrogen-bond acceptors (Lipinski definition) is 3. The summed E-state index contributed by atoms with van der Waals surface area (Å²) in [5, 5.41) is 0.358. The van der Waals surface area contributed by atoms with Crippen LogP contribution < -0.4 is 5.73 Å². The first-order valence-corrected chi connectivity index (χ1v) is 5.49. The molecule has 1 aromatic heterocycles.